The van der Waals surface area contributed by atoms with Crippen LogP contribution in [0.5, 0.6) is 0 Å². The molecule has 0 aromatic rings. The zero-order chi connectivity index (χ0) is 12.4. The second-order valence-corrected chi connectivity index (χ2v) is 13.9. The third kappa shape index (κ3) is 5.20. The molecule has 1 aliphatic rings. The second-order valence-electron chi connectivity index (χ2n) is 6.58. The molecule has 16 heavy (non-hydrogen) atoms. The zero-order valence-electron chi connectivity index (χ0n) is 11.4. The van der Waals surface area contributed by atoms with Gasteiger partial charge in [-0.05, 0) is 22.8 Å². The third-order valence-electron chi connectivity index (χ3n) is 2.69. The molecule has 1 saturated heterocycles. The zero-order valence-corrected chi connectivity index (χ0v) is 14.0. The van der Waals surface area contributed by atoms with Crippen molar-refractivity contribution in [2.75, 3.05) is 11.5 Å². The van der Waals surface area contributed by atoms with Crippen LogP contribution in [-0.4, -0.2) is 24.2 Å². The fraction of sp³-hybridized carbons (Fsp3) is 0.846. The number of hydrogen-bond donors (Lipinski definition) is 0. The summed E-state index contributed by atoms with van der Waals surface area (Å²) in [5.74, 6) is 6.87. The molecule has 0 aromatic heterocycles. The van der Waals surface area contributed by atoms with E-state index >= 15 is 0 Å². The summed E-state index contributed by atoms with van der Waals surface area (Å²) in [5.41, 5.74) is 3.95. The van der Waals surface area contributed by atoms with Gasteiger partial charge in [0.05, 0.1) is 0 Å². The van der Waals surface area contributed by atoms with Crippen LogP contribution in [0.3, 0.4) is 0 Å². The minimum atomic E-state index is -1.18. The van der Waals surface area contributed by atoms with E-state index in [1.54, 1.807) is 0 Å². The predicted octanol–water partition coefficient (Wildman–Crippen LogP) is 4.34. The molecule has 1 rings (SSSR count). The van der Waals surface area contributed by atoms with E-state index in [0.717, 1.165) is 5.92 Å². The van der Waals surface area contributed by atoms with E-state index in [9.17, 15) is 0 Å². The quantitative estimate of drug-likeness (QED) is 0.475. The molecule has 0 radical (unpaired) electrons. The maximum Gasteiger partial charge on any atom is 0.129 e. The molecule has 0 nitrogen and oxygen atoms in total. The molecule has 0 aliphatic carbocycles. The van der Waals surface area contributed by atoms with Gasteiger partial charge in [-0.1, -0.05) is 46.3 Å². The lowest BCUT2D eigenvalue weighted by Gasteiger charge is -2.34. The molecule has 0 spiro atoms. The summed E-state index contributed by atoms with van der Waals surface area (Å²) in [7, 11) is -1.18. The highest BCUT2D eigenvalue weighted by molar-refractivity contribution is 8.17. The molecular weight excluding hydrogens is 248 g/mol. The fourth-order valence-electron chi connectivity index (χ4n) is 1.36. The lowest BCUT2D eigenvalue weighted by atomic mass is 9.83. The Balaban J connectivity index is 2.46. The molecule has 1 aliphatic heterocycles. The van der Waals surface area contributed by atoms with Crippen molar-refractivity contribution in [3.8, 4) is 11.5 Å². The van der Waals surface area contributed by atoms with Gasteiger partial charge in [-0.15, -0.1) is 29.1 Å². The topological polar surface area (TPSA) is 0 Å². The lowest BCUT2D eigenvalue weighted by molar-refractivity contribution is 0.293. The van der Waals surface area contributed by atoms with Gasteiger partial charge >= 0.3 is 0 Å². The summed E-state index contributed by atoms with van der Waals surface area (Å²) in [4.78, 5) is 0. The van der Waals surface area contributed by atoms with Crippen LogP contribution in [0, 0.1) is 22.8 Å². The van der Waals surface area contributed by atoms with Crippen molar-refractivity contribution >= 4 is 31.6 Å². The maximum absolute atomic E-state index is 3.49. The number of thioether (sulfide) groups is 2. The first-order valence-corrected chi connectivity index (χ1v) is 11.5. The monoisotopic (exact) mass is 272 g/mol. The molecular formula is C13H24S2Si. The van der Waals surface area contributed by atoms with E-state index in [-0.39, 0.29) is 0 Å². The van der Waals surface area contributed by atoms with Crippen molar-refractivity contribution < 1.29 is 0 Å². The Kier molecular flexibility index (Phi) is 4.92. The Morgan fingerprint density at radius 3 is 1.94 bits per heavy atom. The van der Waals surface area contributed by atoms with Crippen molar-refractivity contribution in [1.29, 1.82) is 0 Å². The van der Waals surface area contributed by atoms with Gasteiger partial charge < -0.3 is 0 Å². The molecule has 0 bridgehead atoms. The van der Waals surface area contributed by atoms with Crippen LogP contribution in [0.2, 0.25) is 19.6 Å². The summed E-state index contributed by atoms with van der Waals surface area (Å²) in [6.07, 6.45) is 0. The Morgan fingerprint density at radius 2 is 1.56 bits per heavy atom. The van der Waals surface area contributed by atoms with Gasteiger partial charge in [0.2, 0.25) is 0 Å². The molecule has 0 N–H and O–H groups in total. The van der Waals surface area contributed by atoms with Gasteiger partial charge in [-0.25, -0.2) is 0 Å². The largest absolute Gasteiger partial charge is 0.134 e. The summed E-state index contributed by atoms with van der Waals surface area (Å²) < 4.78 is 0.533. The van der Waals surface area contributed by atoms with Crippen LogP contribution in [0.1, 0.15) is 20.8 Å². The van der Waals surface area contributed by atoms with Crippen molar-refractivity contribution in [1.82, 2.24) is 0 Å². The van der Waals surface area contributed by atoms with Gasteiger partial charge in [0.15, 0.2) is 0 Å². The van der Waals surface area contributed by atoms with E-state index in [0.29, 0.717) is 10.00 Å². The average molecular weight is 273 g/mol. The van der Waals surface area contributed by atoms with Gasteiger partial charge in [-0.3, -0.25) is 0 Å². The van der Waals surface area contributed by atoms with E-state index in [1.165, 1.54) is 11.5 Å². The van der Waals surface area contributed by atoms with Crippen LogP contribution in [-0.2, 0) is 0 Å². The van der Waals surface area contributed by atoms with Crippen molar-refractivity contribution in [2.45, 2.75) is 45.0 Å². The number of rotatable bonds is 0. The van der Waals surface area contributed by atoms with Crippen molar-refractivity contribution in [3.63, 3.8) is 0 Å². The van der Waals surface area contributed by atoms with E-state index in [2.05, 4.69) is 75.4 Å². The highest BCUT2D eigenvalue weighted by Crippen LogP contribution is 2.40. The van der Waals surface area contributed by atoms with Crippen molar-refractivity contribution in [3.05, 3.63) is 0 Å². The maximum atomic E-state index is 3.49. The van der Waals surface area contributed by atoms with E-state index in [4.69, 9.17) is 0 Å². The standard InChI is InChI=1S/C13H24S2Si/c1-13(2,3)11-9-14-12(15-10-11)7-8-16(4,5)6/h11-12H,9-10H2,1-6H3. The molecule has 0 aromatic carbocycles. The molecule has 92 valence electrons. The van der Waals surface area contributed by atoms with Crippen LogP contribution < -0.4 is 0 Å². The van der Waals surface area contributed by atoms with Crippen molar-refractivity contribution in [2.24, 2.45) is 11.3 Å². The summed E-state index contributed by atoms with van der Waals surface area (Å²) in [6, 6.07) is 0. The number of hydrogen-bond acceptors (Lipinski definition) is 2. The Bertz CT molecular complexity index is 280. The van der Waals surface area contributed by atoms with E-state index in [1.807, 2.05) is 0 Å². The van der Waals surface area contributed by atoms with E-state index < -0.39 is 8.07 Å². The first-order chi connectivity index (χ1) is 7.18. The molecule has 0 atom stereocenters. The van der Waals surface area contributed by atoms with Crippen LogP contribution in [0.25, 0.3) is 0 Å². The van der Waals surface area contributed by atoms with Crippen LogP contribution in [0.4, 0.5) is 0 Å². The SMILES string of the molecule is CC(C)(C)C1CSC(C#C[Si](C)(C)C)SC1. The predicted molar refractivity (Wildman–Crippen MR) is 82.8 cm³/mol. The van der Waals surface area contributed by atoms with Gasteiger partial charge in [0, 0.05) is 0 Å². The third-order valence-corrected chi connectivity index (χ3v) is 6.43. The first-order valence-electron chi connectivity index (χ1n) is 5.94. The smallest absolute Gasteiger partial charge is 0.129 e. The Labute approximate surface area is 111 Å². The van der Waals surface area contributed by atoms with Gasteiger partial charge in [0.1, 0.15) is 12.7 Å². The lowest BCUT2D eigenvalue weighted by Crippen LogP contribution is -2.29. The molecule has 0 saturated carbocycles. The fourth-order valence-corrected chi connectivity index (χ4v) is 5.49. The minimum Gasteiger partial charge on any atom is -0.134 e. The molecule has 0 amide bonds. The van der Waals surface area contributed by atoms with Gasteiger partial charge in [-0.2, -0.15) is 0 Å². The summed E-state index contributed by atoms with van der Waals surface area (Å²) in [5, 5.41) is 0. The Hall–Kier alpha value is 0.477. The summed E-state index contributed by atoms with van der Waals surface area (Å²) in [6.45, 7) is 14.0. The first kappa shape index (κ1) is 14.5. The summed E-state index contributed by atoms with van der Waals surface area (Å²) >= 11 is 4.10. The minimum absolute atomic E-state index is 0.456. The Morgan fingerprint density at radius 1 is 1.06 bits per heavy atom. The highest BCUT2D eigenvalue weighted by atomic mass is 32.2. The highest BCUT2D eigenvalue weighted by Gasteiger charge is 2.30. The van der Waals surface area contributed by atoms with Crippen LogP contribution >= 0.6 is 23.5 Å². The second kappa shape index (κ2) is 5.41. The van der Waals surface area contributed by atoms with Crippen LogP contribution in [0.15, 0.2) is 0 Å². The van der Waals surface area contributed by atoms with Gasteiger partial charge in [0.25, 0.3) is 0 Å². The molecule has 1 fully saturated rings. The molecule has 3 heteroatoms. The molecule has 0 unspecified atom stereocenters. The molecule has 1 heterocycles. The normalized spacial score (nSPS) is 27.1. The average Bonchev–Trinajstić information content (AvgIpc) is 2.13.